The molecule has 0 saturated carbocycles. The Hall–Kier alpha value is -1.79. The molecule has 31 heavy (non-hydrogen) atoms. The Morgan fingerprint density at radius 1 is 0.710 bits per heavy atom. The number of piperidine rings is 2. The van der Waals surface area contributed by atoms with Crippen molar-refractivity contribution in [1.82, 2.24) is 14.7 Å². The van der Waals surface area contributed by atoms with Gasteiger partial charge in [0.15, 0.2) is 0 Å². The Bertz CT molecular complexity index is 848. The van der Waals surface area contributed by atoms with Gasteiger partial charge in [-0.15, -0.1) is 0 Å². The summed E-state index contributed by atoms with van der Waals surface area (Å²) < 4.78 is 0. The van der Waals surface area contributed by atoms with Crippen LogP contribution in [0, 0.1) is 11.8 Å². The number of benzene rings is 1. The van der Waals surface area contributed by atoms with Crippen molar-refractivity contribution >= 4 is 40.9 Å². The van der Waals surface area contributed by atoms with Crippen LogP contribution in [0.1, 0.15) is 48.9 Å². The van der Waals surface area contributed by atoms with E-state index in [2.05, 4.69) is 0 Å². The zero-order valence-electron chi connectivity index (χ0n) is 17.7. The van der Waals surface area contributed by atoms with E-state index in [9.17, 15) is 14.4 Å². The molecular formula is C23H29Cl2N3O3. The van der Waals surface area contributed by atoms with E-state index in [1.54, 1.807) is 23.1 Å². The SMILES string of the molecule is O=C(c1ccc(Cl)c(Cl)c1)N1CCCC(C(=O)N2CCC(C(=O)N3CCCC3)CC2)C1. The molecule has 1 aromatic rings. The van der Waals surface area contributed by atoms with Crippen molar-refractivity contribution in [3.63, 3.8) is 0 Å². The van der Waals surface area contributed by atoms with E-state index in [1.807, 2.05) is 9.80 Å². The largest absolute Gasteiger partial charge is 0.342 e. The highest BCUT2D eigenvalue weighted by Crippen LogP contribution is 2.27. The number of rotatable bonds is 3. The van der Waals surface area contributed by atoms with Crippen LogP contribution in [-0.2, 0) is 9.59 Å². The van der Waals surface area contributed by atoms with E-state index >= 15 is 0 Å². The van der Waals surface area contributed by atoms with Gasteiger partial charge in [0.2, 0.25) is 11.8 Å². The molecular weight excluding hydrogens is 437 g/mol. The molecule has 8 heteroatoms. The maximum atomic E-state index is 13.1. The van der Waals surface area contributed by atoms with Crippen LogP contribution in [-0.4, -0.2) is 71.7 Å². The quantitative estimate of drug-likeness (QED) is 0.683. The first-order valence-electron chi connectivity index (χ1n) is 11.3. The van der Waals surface area contributed by atoms with E-state index in [4.69, 9.17) is 23.2 Å². The van der Waals surface area contributed by atoms with Crippen molar-refractivity contribution in [3.8, 4) is 0 Å². The number of carbonyl (C=O) groups is 3. The number of carbonyl (C=O) groups excluding carboxylic acids is 3. The Morgan fingerprint density at radius 3 is 2.00 bits per heavy atom. The summed E-state index contributed by atoms with van der Waals surface area (Å²) >= 11 is 12.0. The minimum atomic E-state index is -0.189. The summed E-state index contributed by atoms with van der Waals surface area (Å²) in [5, 5.41) is 0.764. The molecule has 1 atom stereocenters. The number of halogens is 2. The van der Waals surface area contributed by atoms with Gasteiger partial charge in [0.1, 0.15) is 0 Å². The summed E-state index contributed by atoms with van der Waals surface area (Å²) in [4.78, 5) is 44.3. The van der Waals surface area contributed by atoms with E-state index in [-0.39, 0.29) is 29.6 Å². The molecule has 0 spiro atoms. The fourth-order valence-corrected chi connectivity index (χ4v) is 5.27. The first kappa shape index (κ1) is 22.4. The van der Waals surface area contributed by atoms with Crippen LogP contribution in [0.2, 0.25) is 10.0 Å². The Morgan fingerprint density at radius 2 is 1.32 bits per heavy atom. The Kier molecular flexibility index (Phi) is 7.07. The minimum Gasteiger partial charge on any atom is -0.342 e. The molecule has 4 rings (SSSR count). The maximum absolute atomic E-state index is 13.1. The van der Waals surface area contributed by atoms with Crippen molar-refractivity contribution in [2.45, 2.75) is 38.5 Å². The summed E-state index contributed by atoms with van der Waals surface area (Å²) in [6.07, 6.45) is 5.26. The molecule has 1 aromatic carbocycles. The molecule has 6 nitrogen and oxygen atoms in total. The molecule has 3 amide bonds. The van der Waals surface area contributed by atoms with Crippen LogP contribution in [0.25, 0.3) is 0 Å². The second-order valence-corrected chi connectivity index (χ2v) is 9.67. The zero-order chi connectivity index (χ0) is 22.0. The van der Waals surface area contributed by atoms with Gasteiger partial charge in [-0.3, -0.25) is 14.4 Å². The highest BCUT2D eigenvalue weighted by atomic mass is 35.5. The average molecular weight is 466 g/mol. The fourth-order valence-electron chi connectivity index (χ4n) is 4.98. The van der Waals surface area contributed by atoms with Crippen LogP contribution in [0.15, 0.2) is 18.2 Å². The second-order valence-electron chi connectivity index (χ2n) is 8.85. The van der Waals surface area contributed by atoms with E-state index in [0.29, 0.717) is 41.8 Å². The summed E-state index contributed by atoms with van der Waals surface area (Å²) in [5.74, 6) is 0.109. The minimum absolute atomic E-state index is 0.0428. The van der Waals surface area contributed by atoms with Crippen LogP contribution in [0.3, 0.4) is 0 Å². The Labute approximate surface area is 193 Å². The smallest absolute Gasteiger partial charge is 0.253 e. The second kappa shape index (κ2) is 9.78. The molecule has 0 bridgehead atoms. The predicted molar refractivity (Wildman–Crippen MR) is 120 cm³/mol. The predicted octanol–water partition coefficient (Wildman–Crippen LogP) is 3.71. The van der Waals surface area contributed by atoms with Crippen molar-refractivity contribution in [1.29, 1.82) is 0 Å². The van der Waals surface area contributed by atoms with Gasteiger partial charge in [-0.25, -0.2) is 0 Å². The summed E-state index contributed by atoms with van der Waals surface area (Å²) in [6, 6.07) is 4.88. The third-order valence-electron chi connectivity index (χ3n) is 6.80. The van der Waals surface area contributed by atoms with Gasteiger partial charge in [0, 0.05) is 50.7 Å². The van der Waals surface area contributed by atoms with Crippen LogP contribution < -0.4 is 0 Å². The van der Waals surface area contributed by atoms with Crippen molar-refractivity contribution in [2.75, 3.05) is 39.3 Å². The number of hydrogen-bond donors (Lipinski definition) is 0. The molecule has 168 valence electrons. The molecule has 3 aliphatic heterocycles. The standard InChI is InChI=1S/C23H29Cl2N3O3/c24-19-6-5-17(14-20(19)25)22(30)28-11-3-4-18(15-28)23(31)27-12-7-16(8-13-27)21(29)26-9-1-2-10-26/h5-6,14,16,18H,1-4,7-13,15H2. The monoisotopic (exact) mass is 465 g/mol. The van der Waals surface area contributed by atoms with Gasteiger partial charge in [-0.1, -0.05) is 23.2 Å². The van der Waals surface area contributed by atoms with Gasteiger partial charge in [0.05, 0.1) is 16.0 Å². The number of amides is 3. The highest BCUT2D eigenvalue weighted by molar-refractivity contribution is 6.42. The first-order chi connectivity index (χ1) is 14.9. The highest BCUT2D eigenvalue weighted by Gasteiger charge is 2.35. The molecule has 0 N–H and O–H groups in total. The lowest BCUT2D eigenvalue weighted by atomic mass is 9.92. The third kappa shape index (κ3) is 5.01. The molecule has 0 aliphatic carbocycles. The summed E-state index contributed by atoms with van der Waals surface area (Å²) in [6.45, 7) is 4.06. The lowest BCUT2D eigenvalue weighted by Crippen LogP contribution is -2.49. The first-order valence-corrected chi connectivity index (χ1v) is 12.0. The summed E-state index contributed by atoms with van der Waals surface area (Å²) in [7, 11) is 0. The van der Waals surface area contributed by atoms with Gasteiger partial charge in [-0.2, -0.15) is 0 Å². The molecule has 3 aliphatic rings. The van der Waals surface area contributed by atoms with Gasteiger partial charge < -0.3 is 14.7 Å². The van der Waals surface area contributed by atoms with Crippen LogP contribution >= 0.6 is 23.2 Å². The molecule has 1 unspecified atom stereocenters. The number of nitrogens with zero attached hydrogens (tertiary/aromatic N) is 3. The molecule has 0 aromatic heterocycles. The molecule has 3 heterocycles. The number of likely N-dealkylation sites (tertiary alicyclic amines) is 3. The van der Waals surface area contributed by atoms with Crippen molar-refractivity contribution in [2.24, 2.45) is 11.8 Å². The third-order valence-corrected chi connectivity index (χ3v) is 7.54. The number of hydrogen-bond acceptors (Lipinski definition) is 3. The van der Waals surface area contributed by atoms with Gasteiger partial charge in [-0.05, 0) is 56.7 Å². The van der Waals surface area contributed by atoms with Gasteiger partial charge >= 0.3 is 0 Å². The van der Waals surface area contributed by atoms with Gasteiger partial charge in [0.25, 0.3) is 5.91 Å². The Balaban J connectivity index is 1.32. The maximum Gasteiger partial charge on any atom is 0.253 e. The normalized spacial score (nSPS) is 22.6. The summed E-state index contributed by atoms with van der Waals surface area (Å²) in [5.41, 5.74) is 0.490. The molecule has 3 saturated heterocycles. The van der Waals surface area contributed by atoms with Crippen molar-refractivity contribution < 1.29 is 14.4 Å². The van der Waals surface area contributed by atoms with E-state index in [0.717, 1.165) is 51.6 Å². The topological polar surface area (TPSA) is 60.9 Å². The molecule has 0 radical (unpaired) electrons. The fraction of sp³-hybridized carbons (Fsp3) is 0.609. The molecule has 3 fully saturated rings. The van der Waals surface area contributed by atoms with Crippen molar-refractivity contribution in [3.05, 3.63) is 33.8 Å². The lowest BCUT2D eigenvalue weighted by Gasteiger charge is -2.38. The van der Waals surface area contributed by atoms with Crippen LogP contribution in [0.4, 0.5) is 0 Å². The van der Waals surface area contributed by atoms with Crippen LogP contribution in [0.5, 0.6) is 0 Å². The lowest BCUT2D eigenvalue weighted by molar-refractivity contribution is -0.143. The average Bonchev–Trinajstić information content (AvgIpc) is 3.34. The van der Waals surface area contributed by atoms with E-state index in [1.165, 1.54) is 0 Å². The van der Waals surface area contributed by atoms with E-state index < -0.39 is 0 Å². The zero-order valence-corrected chi connectivity index (χ0v) is 19.2.